The lowest BCUT2D eigenvalue weighted by molar-refractivity contribution is -0.138. The second-order valence-electron chi connectivity index (χ2n) is 9.10. The Morgan fingerprint density at radius 1 is 0.878 bits per heavy atom. The predicted octanol–water partition coefficient (Wildman–Crippen LogP) is 8.37. The van der Waals surface area contributed by atoms with Crippen LogP contribution < -0.4 is 15.2 Å². The Hall–Kier alpha value is -1.57. The summed E-state index contributed by atoms with van der Waals surface area (Å²) >= 11 is 8.47. The van der Waals surface area contributed by atoms with Crippen molar-refractivity contribution in [1.82, 2.24) is 0 Å². The van der Waals surface area contributed by atoms with Gasteiger partial charge in [-0.3, -0.25) is 9.59 Å². The molecular weight excluding hydrogens is 981 g/mol. The van der Waals surface area contributed by atoms with Crippen LogP contribution in [0.25, 0.3) is 11.1 Å². The van der Waals surface area contributed by atoms with Gasteiger partial charge in [0.25, 0.3) is 0 Å². The van der Waals surface area contributed by atoms with E-state index in [9.17, 15) is 14.0 Å². The van der Waals surface area contributed by atoms with Gasteiger partial charge in [-0.25, -0.2) is 4.39 Å². The van der Waals surface area contributed by atoms with Gasteiger partial charge >= 0.3 is 11.9 Å². The Kier molecular flexibility index (Phi) is 11.3. The monoisotopic (exact) mass is 1000 g/mol. The molecule has 0 aliphatic heterocycles. The molecule has 4 aromatic rings. The van der Waals surface area contributed by atoms with Crippen molar-refractivity contribution in [2.24, 2.45) is 5.73 Å². The van der Waals surface area contributed by atoms with E-state index in [1.54, 1.807) is 31.2 Å². The average Bonchev–Trinajstić information content (AvgIpc) is 2.92. The van der Waals surface area contributed by atoms with Crippen LogP contribution in [0.2, 0.25) is 0 Å². The Balaban J connectivity index is 1.49. The van der Waals surface area contributed by atoms with Crippen molar-refractivity contribution >= 4 is 102 Å². The zero-order chi connectivity index (χ0) is 29.8. The molecule has 41 heavy (non-hydrogen) atoms. The number of carbonyl (C=O) groups is 2. The van der Waals surface area contributed by atoms with Gasteiger partial charge in [0.2, 0.25) is 0 Å². The first-order chi connectivity index (χ1) is 19.4. The largest absolute Gasteiger partial charge is 0.480 e. The number of carbonyl (C=O) groups excluding carboxylic acids is 1. The number of rotatable bonds is 9. The number of carboxylic acid groups (broad SMARTS) is 1. The van der Waals surface area contributed by atoms with E-state index in [1.807, 2.05) is 42.5 Å². The molecule has 0 saturated heterocycles. The second-order valence-corrected chi connectivity index (χ2v) is 13.8. The van der Waals surface area contributed by atoms with Gasteiger partial charge in [0, 0.05) is 5.56 Å². The van der Waals surface area contributed by atoms with E-state index in [0.29, 0.717) is 35.5 Å². The number of halogens is 5. The zero-order valence-corrected chi connectivity index (χ0v) is 30.0. The quantitative estimate of drug-likeness (QED) is 0.0995. The molecule has 0 saturated carbocycles. The molecule has 0 spiro atoms. The van der Waals surface area contributed by atoms with E-state index in [2.05, 4.69) is 90.4 Å². The van der Waals surface area contributed by atoms with Crippen molar-refractivity contribution in [3.63, 3.8) is 0 Å². The summed E-state index contributed by atoms with van der Waals surface area (Å²) in [4.78, 5) is 24.2. The molecule has 0 heterocycles. The number of ether oxygens (including phenoxy) is 2. The van der Waals surface area contributed by atoms with Gasteiger partial charge in [0.05, 0.1) is 20.2 Å². The molecule has 1 unspecified atom stereocenters. The van der Waals surface area contributed by atoms with Gasteiger partial charge < -0.3 is 20.3 Å². The third kappa shape index (κ3) is 8.08. The number of benzene rings is 4. The van der Waals surface area contributed by atoms with E-state index in [1.165, 1.54) is 6.07 Å². The van der Waals surface area contributed by atoms with Gasteiger partial charge in [0.1, 0.15) is 17.6 Å². The number of nitrogens with two attached hydrogens (primary N) is 1. The first kappa shape index (κ1) is 32.3. The minimum absolute atomic E-state index is 0.208. The lowest BCUT2D eigenvalue weighted by atomic mass is 9.97. The van der Waals surface area contributed by atoms with Gasteiger partial charge in [-0.2, -0.15) is 0 Å². The fourth-order valence-corrected chi connectivity index (χ4v) is 8.01. The highest BCUT2D eigenvalue weighted by molar-refractivity contribution is 14.1. The van der Waals surface area contributed by atoms with Crippen LogP contribution in [0.5, 0.6) is 17.2 Å². The highest BCUT2D eigenvalue weighted by Crippen LogP contribution is 2.38. The van der Waals surface area contributed by atoms with E-state index in [4.69, 9.17) is 20.3 Å². The topological polar surface area (TPSA) is 98.9 Å². The second kappa shape index (κ2) is 14.3. The summed E-state index contributed by atoms with van der Waals surface area (Å²) < 4.78 is 29.8. The lowest BCUT2D eigenvalue weighted by Crippen LogP contribution is -2.32. The van der Waals surface area contributed by atoms with E-state index in [-0.39, 0.29) is 6.42 Å². The maximum atomic E-state index is 14.9. The normalized spacial score (nSPS) is 12.5. The molecule has 2 atom stereocenters. The van der Waals surface area contributed by atoms with Crippen molar-refractivity contribution < 1.29 is 28.6 Å². The average molecular weight is 1000 g/mol. The lowest BCUT2D eigenvalue weighted by Gasteiger charge is -2.17. The summed E-state index contributed by atoms with van der Waals surface area (Å²) in [6.45, 7) is 1.69. The van der Waals surface area contributed by atoms with Crippen LogP contribution in [0.3, 0.4) is 0 Å². The van der Waals surface area contributed by atoms with Crippen LogP contribution in [0, 0.1) is 20.1 Å². The first-order valence-corrected chi connectivity index (χ1v) is 16.5. The fraction of sp³-hybridized carbons (Fsp3) is 0.133. The molecule has 0 fully saturated rings. The SMILES string of the molecule is CC(C(=O)Oc1c(I)cc(Oc2c(I)cc(C[C@H](N)C(=O)O)cc2I)cc1I)c1ccc(-c2ccccc2)c(F)c1. The van der Waals surface area contributed by atoms with Crippen LogP contribution in [-0.4, -0.2) is 23.1 Å². The molecule has 3 N–H and O–H groups in total. The standard InChI is InChI=1S/C30H22FI4NO5/c1-15(18-7-8-20(21(31)12-18)17-5-3-2-4-6-17)30(39)41-28-24(34)13-19(14-25(28)35)40-27-22(32)9-16(10-23(27)33)11-26(36)29(37)38/h2-10,12-15,26H,11,36H2,1H3,(H,37,38)/t15?,26-/m0/s1. The van der Waals surface area contributed by atoms with Crippen molar-refractivity contribution in [3.8, 4) is 28.4 Å². The summed E-state index contributed by atoms with van der Waals surface area (Å²) in [6, 6.07) is 20.3. The molecule has 0 bridgehead atoms. The van der Waals surface area contributed by atoms with Gasteiger partial charge in [-0.1, -0.05) is 42.5 Å². The molecule has 6 nitrogen and oxygen atoms in total. The third-order valence-corrected chi connectivity index (χ3v) is 9.36. The summed E-state index contributed by atoms with van der Waals surface area (Å²) in [5, 5.41) is 9.11. The fourth-order valence-electron chi connectivity index (χ4n) is 3.96. The Bertz CT molecular complexity index is 1570. The molecule has 11 heteroatoms. The summed E-state index contributed by atoms with van der Waals surface area (Å²) in [7, 11) is 0. The minimum atomic E-state index is -1.05. The van der Waals surface area contributed by atoms with Gasteiger partial charge in [0.15, 0.2) is 11.5 Å². The van der Waals surface area contributed by atoms with Crippen LogP contribution in [0.15, 0.2) is 72.8 Å². The Morgan fingerprint density at radius 3 is 2.02 bits per heavy atom. The zero-order valence-electron chi connectivity index (χ0n) is 21.3. The number of carboxylic acids is 1. The maximum Gasteiger partial charge on any atom is 0.320 e. The van der Waals surface area contributed by atoms with Crippen LogP contribution in [0.1, 0.15) is 24.0 Å². The highest BCUT2D eigenvalue weighted by atomic mass is 127. The smallest absolute Gasteiger partial charge is 0.320 e. The van der Waals surface area contributed by atoms with Crippen LogP contribution in [-0.2, 0) is 16.0 Å². The van der Waals surface area contributed by atoms with E-state index >= 15 is 0 Å². The van der Waals surface area contributed by atoms with Crippen molar-refractivity contribution in [1.29, 1.82) is 0 Å². The predicted molar refractivity (Wildman–Crippen MR) is 189 cm³/mol. The summed E-state index contributed by atoms with van der Waals surface area (Å²) in [5.74, 6) is -1.06. The number of hydrogen-bond acceptors (Lipinski definition) is 5. The van der Waals surface area contributed by atoms with Crippen LogP contribution in [0.4, 0.5) is 4.39 Å². The molecule has 0 aliphatic carbocycles. The van der Waals surface area contributed by atoms with Gasteiger partial charge in [-0.15, -0.1) is 0 Å². The molecule has 0 aliphatic rings. The molecule has 4 rings (SSSR count). The van der Waals surface area contributed by atoms with Crippen molar-refractivity contribution in [2.45, 2.75) is 25.3 Å². The van der Waals surface area contributed by atoms with Crippen LogP contribution >= 0.6 is 90.4 Å². The first-order valence-electron chi connectivity index (χ1n) is 12.1. The van der Waals surface area contributed by atoms with Crippen molar-refractivity contribution in [3.05, 3.63) is 104 Å². The van der Waals surface area contributed by atoms with E-state index < -0.39 is 29.7 Å². The van der Waals surface area contributed by atoms with E-state index in [0.717, 1.165) is 18.3 Å². The molecular formula is C30H22FI4NO5. The molecule has 0 aromatic heterocycles. The minimum Gasteiger partial charge on any atom is -0.480 e. The summed E-state index contributed by atoms with van der Waals surface area (Å²) in [6.07, 6.45) is 0.208. The maximum absolute atomic E-state index is 14.9. The third-order valence-electron chi connectivity index (χ3n) is 6.16. The Labute approximate surface area is 291 Å². The number of aliphatic carboxylic acids is 1. The number of hydrogen-bond donors (Lipinski definition) is 2. The van der Waals surface area contributed by atoms with Crippen molar-refractivity contribution in [2.75, 3.05) is 0 Å². The van der Waals surface area contributed by atoms with Gasteiger partial charge in [-0.05, 0) is 151 Å². The highest BCUT2D eigenvalue weighted by Gasteiger charge is 2.23. The number of esters is 1. The molecule has 0 radical (unpaired) electrons. The molecule has 4 aromatic carbocycles. The molecule has 0 amide bonds. The summed E-state index contributed by atoms with van der Waals surface area (Å²) in [5.41, 5.74) is 8.25. The Morgan fingerprint density at radius 2 is 1.46 bits per heavy atom. The molecule has 212 valence electrons.